The molecule has 2 N–H and O–H groups in total. The van der Waals surface area contributed by atoms with Gasteiger partial charge in [0.1, 0.15) is 0 Å². The fourth-order valence-corrected chi connectivity index (χ4v) is 5.49. The Morgan fingerprint density at radius 3 is 2.52 bits per heavy atom. The Balaban J connectivity index is 0.00000193. The summed E-state index contributed by atoms with van der Waals surface area (Å²) in [5.41, 5.74) is 5.12. The zero-order chi connectivity index (χ0) is 21.6. The predicted molar refractivity (Wildman–Crippen MR) is 149 cm³/mol. The molecule has 4 nitrogen and oxygen atoms in total. The highest BCUT2D eigenvalue weighted by Gasteiger charge is 2.26. The first kappa shape index (κ1) is 28.0. The average molecular weight is 584 g/mol. The summed E-state index contributed by atoms with van der Waals surface area (Å²) in [6, 6.07) is 13.0. The Bertz CT molecular complexity index is 877. The summed E-state index contributed by atoms with van der Waals surface area (Å²) in [4.78, 5) is 5.23. The van der Waals surface area contributed by atoms with Gasteiger partial charge in [0.05, 0.1) is 0 Å². The van der Waals surface area contributed by atoms with Gasteiger partial charge < -0.3 is 20.0 Å². The monoisotopic (exact) mass is 582 g/mol. The second-order valence-electron chi connectivity index (χ2n) is 9.28. The van der Waals surface area contributed by atoms with E-state index < -0.39 is 0 Å². The van der Waals surface area contributed by atoms with Gasteiger partial charge in [-0.25, -0.2) is 0 Å². The number of anilines is 1. The van der Waals surface area contributed by atoms with Crippen LogP contribution in [0.5, 0.6) is 11.5 Å². The molecule has 0 radical (unpaired) electrons. The van der Waals surface area contributed by atoms with Crippen molar-refractivity contribution in [3.05, 3.63) is 53.1 Å². The maximum atomic E-state index is 10.2. The molecular formula is C27H40Br2N2O2. The summed E-state index contributed by atoms with van der Waals surface area (Å²) in [7, 11) is 0. The van der Waals surface area contributed by atoms with E-state index in [9.17, 15) is 10.2 Å². The van der Waals surface area contributed by atoms with E-state index >= 15 is 0 Å². The molecule has 2 aromatic rings. The molecule has 6 heteroatoms. The third-order valence-electron chi connectivity index (χ3n) is 7.18. The molecule has 1 heterocycles. The summed E-state index contributed by atoms with van der Waals surface area (Å²) in [6.45, 7) is 6.95. The van der Waals surface area contributed by atoms with Gasteiger partial charge in [-0.3, -0.25) is 0 Å². The quantitative estimate of drug-likeness (QED) is 0.249. The first-order chi connectivity index (χ1) is 15.2. The number of fused-ring (bicyclic) bond motifs is 2. The number of rotatable bonds is 10. The van der Waals surface area contributed by atoms with Gasteiger partial charge in [-0.1, -0.05) is 44.0 Å². The van der Waals surface area contributed by atoms with Crippen LogP contribution in [-0.4, -0.2) is 47.3 Å². The second kappa shape index (κ2) is 13.6. The van der Waals surface area contributed by atoms with E-state index in [1.165, 1.54) is 75.0 Å². The van der Waals surface area contributed by atoms with Crippen molar-refractivity contribution >= 4 is 39.7 Å². The van der Waals surface area contributed by atoms with Crippen molar-refractivity contribution in [3.63, 3.8) is 0 Å². The van der Waals surface area contributed by atoms with Crippen LogP contribution in [0.25, 0.3) is 0 Å². The van der Waals surface area contributed by atoms with Crippen LogP contribution in [0.3, 0.4) is 0 Å². The SMILES string of the molecule is Br.Br.CCCN(CCCCCCN1CCc2ccccc21)C1CCc2c(ccc(O)c2O)C1. The van der Waals surface area contributed by atoms with Crippen LogP contribution in [0.2, 0.25) is 0 Å². The number of benzene rings is 2. The lowest BCUT2D eigenvalue weighted by Crippen LogP contribution is -2.40. The zero-order valence-electron chi connectivity index (χ0n) is 19.8. The molecule has 2 aromatic carbocycles. The van der Waals surface area contributed by atoms with Gasteiger partial charge >= 0.3 is 0 Å². The van der Waals surface area contributed by atoms with Gasteiger partial charge in [0.15, 0.2) is 11.5 Å². The molecule has 184 valence electrons. The van der Waals surface area contributed by atoms with E-state index in [0.717, 1.165) is 31.4 Å². The molecule has 2 aliphatic rings. The van der Waals surface area contributed by atoms with Gasteiger partial charge in [-0.05, 0) is 81.3 Å². The number of halogens is 2. The Labute approximate surface area is 220 Å². The molecule has 0 amide bonds. The number of nitrogens with zero attached hydrogens (tertiary/aromatic N) is 2. The van der Waals surface area contributed by atoms with E-state index in [1.807, 2.05) is 6.07 Å². The molecule has 0 bridgehead atoms. The Hall–Kier alpha value is -1.24. The number of unbranched alkanes of at least 4 members (excludes halogenated alkanes) is 3. The van der Waals surface area contributed by atoms with Crippen molar-refractivity contribution in [2.45, 2.75) is 70.8 Å². The summed E-state index contributed by atoms with van der Waals surface area (Å²) >= 11 is 0. The van der Waals surface area contributed by atoms with Gasteiger partial charge in [0.2, 0.25) is 0 Å². The largest absolute Gasteiger partial charge is 0.504 e. The second-order valence-corrected chi connectivity index (χ2v) is 9.28. The Morgan fingerprint density at radius 1 is 0.909 bits per heavy atom. The summed E-state index contributed by atoms with van der Waals surface area (Å²) < 4.78 is 0. The standard InChI is InChI=1S/C27H38N2O2.2BrH/c1-2-16-28(23-12-13-24-22(20-23)11-14-26(30)27(24)31)17-7-3-4-8-18-29-19-15-21-9-5-6-10-25(21)29;;/h5-6,9-11,14,23,30-31H,2-4,7-8,12-13,15-20H2,1H3;2*1H. The molecule has 0 spiro atoms. The normalized spacial score (nSPS) is 16.7. The lowest BCUT2D eigenvalue weighted by molar-refractivity contribution is 0.175. The van der Waals surface area contributed by atoms with Crippen molar-refractivity contribution < 1.29 is 10.2 Å². The highest BCUT2D eigenvalue weighted by atomic mass is 79.9. The van der Waals surface area contributed by atoms with Crippen molar-refractivity contribution in [2.24, 2.45) is 0 Å². The molecule has 0 aromatic heterocycles. The van der Waals surface area contributed by atoms with Crippen molar-refractivity contribution in [1.29, 1.82) is 0 Å². The van der Waals surface area contributed by atoms with Crippen LogP contribution in [-0.2, 0) is 19.3 Å². The van der Waals surface area contributed by atoms with E-state index in [2.05, 4.69) is 41.0 Å². The number of phenols is 2. The molecule has 33 heavy (non-hydrogen) atoms. The maximum Gasteiger partial charge on any atom is 0.160 e. The van der Waals surface area contributed by atoms with Crippen LogP contribution in [0.15, 0.2) is 36.4 Å². The van der Waals surface area contributed by atoms with Crippen molar-refractivity contribution in [2.75, 3.05) is 31.1 Å². The average Bonchev–Trinajstić information content (AvgIpc) is 3.21. The number of para-hydroxylation sites is 1. The number of phenolic OH excluding ortho intramolecular Hbond substituents is 2. The van der Waals surface area contributed by atoms with Gasteiger partial charge in [-0.15, -0.1) is 34.0 Å². The third-order valence-corrected chi connectivity index (χ3v) is 7.18. The van der Waals surface area contributed by atoms with Crippen molar-refractivity contribution in [3.8, 4) is 11.5 Å². The molecule has 0 saturated carbocycles. The maximum absolute atomic E-state index is 10.2. The lowest BCUT2D eigenvalue weighted by atomic mass is 9.86. The van der Waals surface area contributed by atoms with Crippen LogP contribution < -0.4 is 4.90 Å². The van der Waals surface area contributed by atoms with E-state index in [-0.39, 0.29) is 45.5 Å². The lowest BCUT2D eigenvalue weighted by Gasteiger charge is -2.35. The van der Waals surface area contributed by atoms with Crippen LogP contribution >= 0.6 is 34.0 Å². The fourth-order valence-electron chi connectivity index (χ4n) is 5.49. The summed E-state index contributed by atoms with van der Waals surface area (Å²) in [5.74, 6) is 0.110. The molecule has 1 aliphatic carbocycles. The van der Waals surface area contributed by atoms with Crippen LogP contribution in [0.4, 0.5) is 5.69 Å². The van der Waals surface area contributed by atoms with Gasteiger partial charge in [0, 0.05) is 30.4 Å². The number of hydrogen-bond acceptors (Lipinski definition) is 4. The summed E-state index contributed by atoms with van der Waals surface area (Å²) in [6.07, 6.45) is 10.4. The zero-order valence-corrected chi connectivity index (χ0v) is 23.3. The fraction of sp³-hybridized carbons (Fsp3) is 0.556. The minimum Gasteiger partial charge on any atom is -0.504 e. The van der Waals surface area contributed by atoms with Crippen molar-refractivity contribution in [1.82, 2.24) is 4.90 Å². The predicted octanol–water partition coefficient (Wildman–Crippen LogP) is 6.45. The highest BCUT2D eigenvalue weighted by molar-refractivity contribution is 8.93. The highest BCUT2D eigenvalue weighted by Crippen LogP contribution is 2.37. The first-order valence-electron chi connectivity index (χ1n) is 12.3. The summed E-state index contributed by atoms with van der Waals surface area (Å²) in [5, 5.41) is 19.9. The van der Waals surface area contributed by atoms with E-state index in [4.69, 9.17) is 0 Å². The molecule has 1 unspecified atom stereocenters. The molecule has 1 atom stereocenters. The van der Waals surface area contributed by atoms with E-state index in [0.29, 0.717) is 6.04 Å². The molecule has 4 rings (SSSR count). The minimum absolute atomic E-state index is 0. The topological polar surface area (TPSA) is 46.9 Å². The van der Waals surface area contributed by atoms with Crippen LogP contribution in [0, 0.1) is 0 Å². The molecule has 0 saturated heterocycles. The number of hydrogen-bond donors (Lipinski definition) is 2. The third kappa shape index (κ3) is 6.89. The van der Waals surface area contributed by atoms with Gasteiger partial charge in [-0.2, -0.15) is 0 Å². The minimum atomic E-state index is 0. The Morgan fingerprint density at radius 2 is 1.70 bits per heavy atom. The Kier molecular flexibility index (Phi) is 11.5. The number of aromatic hydroxyl groups is 2. The van der Waals surface area contributed by atoms with Crippen LogP contribution in [0.1, 0.15) is 62.1 Å². The molecule has 1 aliphatic heterocycles. The smallest absolute Gasteiger partial charge is 0.160 e. The van der Waals surface area contributed by atoms with E-state index in [1.54, 1.807) is 6.07 Å². The molecule has 0 fully saturated rings. The van der Waals surface area contributed by atoms with Gasteiger partial charge in [0.25, 0.3) is 0 Å². The molecular weight excluding hydrogens is 544 g/mol. The first-order valence-corrected chi connectivity index (χ1v) is 12.3.